The van der Waals surface area contributed by atoms with Crippen LogP contribution >= 0.6 is 0 Å². The number of aliphatic imine (C=N–C) groups is 1. The number of rotatable bonds is 5. The van der Waals surface area contributed by atoms with Gasteiger partial charge >= 0.3 is 0 Å². The molecule has 174 valence electrons. The molecule has 2 aromatic heterocycles. The number of likely N-dealkylation sites (tertiary alicyclic amines) is 1. The van der Waals surface area contributed by atoms with E-state index < -0.39 is 11.6 Å². The van der Waals surface area contributed by atoms with E-state index in [1.54, 1.807) is 7.05 Å². The maximum Gasteiger partial charge on any atom is 0.169 e. The quantitative estimate of drug-likeness (QED) is 0.553. The predicted molar refractivity (Wildman–Crippen MR) is 132 cm³/mol. The fourth-order valence-electron chi connectivity index (χ4n) is 5.59. The molecule has 33 heavy (non-hydrogen) atoms. The highest BCUT2D eigenvalue weighted by molar-refractivity contribution is 6.21. The third-order valence-corrected chi connectivity index (χ3v) is 7.09. The molecule has 2 atom stereocenters. The summed E-state index contributed by atoms with van der Waals surface area (Å²) in [4.78, 5) is 17.1. The lowest BCUT2D eigenvalue weighted by molar-refractivity contribution is 0.386. The van der Waals surface area contributed by atoms with E-state index >= 15 is 4.39 Å². The third kappa shape index (κ3) is 3.39. The topological polar surface area (TPSA) is 59.6 Å². The minimum Gasteiger partial charge on any atom is -0.386 e. The molecule has 2 N–H and O–H groups in total. The number of aromatic nitrogens is 2. The van der Waals surface area contributed by atoms with Gasteiger partial charge in [0.15, 0.2) is 11.6 Å². The van der Waals surface area contributed by atoms with Crippen molar-refractivity contribution in [1.82, 2.24) is 14.9 Å². The first-order valence-electron chi connectivity index (χ1n) is 11.6. The fraction of sp³-hybridized carbons (Fsp3) is 0.440. The molecule has 4 heterocycles. The van der Waals surface area contributed by atoms with Gasteiger partial charge in [0.25, 0.3) is 0 Å². The van der Waals surface area contributed by atoms with Gasteiger partial charge in [0.2, 0.25) is 0 Å². The van der Waals surface area contributed by atoms with E-state index in [1.165, 1.54) is 6.07 Å². The number of anilines is 2. The predicted octanol–water partition coefficient (Wildman–Crippen LogP) is 4.67. The van der Waals surface area contributed by atoms with Crippen LogP contribution in [0.5, 0.6) is 0 Å². The highest BCUT2D eigenvalue weighted by atomic mass is 19.2. The van der Waals surface area contributed by atoms with Crippen molar-refractivity contribution < 1.29 is 8.78 Å². The number of likely N-dealkylation sites (N-methyl/N-ethyl adjacent to an activating group) is 1. The second-order valence-corrected chi connectivity index (χ2v) is 8.99. The van der Waals surface area contributed by atoms with Crippen molar-refractivity contribution in [3.8, 4) is 0 Å². The van der Waals surface area contributed by atoms with Gasteiger partial charge in [-0.25, -0.2) is 13.8 Å². The molecule has 2 fully saturated rings. The number of hydrogen-bond acceptors (Lipinski definition) is 5. The van der Waals surface area contributed by atoms with E-state index in [2.05, 4.69) is 37.1 Å². The summed E-state index contributed by atoms with van der Waals surface area (Å²) < 4.78 is 30.0. The number of benzene rings is 1. The van der Waals surface area contributed by atoms with Gasteiger partial charge in [-0.1, -0.05) is 6.08 Å². The highest BCUT2D eigenvalue weighted by Crippen LogP contribution is 2.45. The first-order chi connectivity index (χ1) is 16.0. The lowest BCUT2D eigenvalue weighted by Crippen LogP contribution is -2.35. The summed E-state index contributed by atoms with van der Waals surface area (Å²) in [5.74, 6) is -1.16. The molecule has 6 nitrogen and oxygen atoms in total. The van der Waals surface area contributed by atoms with Crippen LogP contribution in [-0.2, 0) is 0 Å². The van der Waals surface area contributed by atoms with Gasteiger partial charge in [0.1, 0.15) is 5.65 Å². The molecule has 1 aromatic carbocycles. The van der Waals surface area contributed by atoms with Crippen LogP contribution < -0.4 is 10.2 Å². The van der Waals surface area contributed by atoms with Crippen LogP contribution in [-0.4, -0.2) is 67.4 Å². The van der Waals surface area contributed by atoms with Crippen LogP contribution in [0.3, 0.4) is 0 Å². The summed E-state index contributed by atoms with van der Waals surface area (Å²) in [7, 11) is 3.85. The summed E-state index contributed by atoms with van der Waals surface area (Å²) in [6.07, 6.45) is 6.77. The van der Waals surface area contributed by atoms with Gasteiger partial charge in [0.05, 0.1) is 27.7 Å². The van der Waals surface area contributed by atoms with Crippen molar-refractivity contribution in [2.24, 2.45) is 10.9 Å². The zero-order valence-corrected chi connectivity index (χ0v) is 19.5. The Kier molecular flexibility index (Phi) is 5.56. The SMILES string of the molecule is C/C=C(\C=N/CC)c1cnc2[nH]c3c(NC)cc(F)c(F)c3c2c1N1CCC2CN(C)C[C@@H]21. The summed E-state index contributed by atoms with van der Waals surface area (Å²) in [5, 5.41) is 3.87. The molecule has 0 spiro atoms. The van der Waals surface area contributed by atoms with Crippen molar-refractivity contribution in [3.63, 3.8) is 0 Å². The normalized spacial score (nSPS) is 21.8. The average molecular weight is 453 g/mol. The second kappa shape index (κ2) is 8.41. The lowest BCUT2D eigenvalue weighted by Gasteiger charge is -2.29. The number of nitrogens with zero attached hydrogens (tertiary/aromatic N) is 4. The summed E-state index contributed by atoms with van der Waals surface area (Å²) in [6, 6.07) is 1.52. The highest BCUT2D eigenvalue weighted by Gasteiger charge is 2.42. The Morgan fingerprint density at radius 2 is 2.15 bits per heavy atom. The van der Waals surface area contributed by atoms with Crippen LogP contribution in [0.15, 0.2) is 23.3 Å². The standard InChI is InChI=1S/C25H30F2N6/c1-5-14(10-29-6-2)16-11-30-25-21(20-22(27)17(26)9-18(28-3)23(20)31-25)24(16)33-8-7-15-12-32(4)13-19(15)33/h5,9-11,15,19,28H,6-8,12-13H2,1-4H3,(H,30,31)/b14-5+,29-10-/t15?,19-/m0/s1. The zero-order valence-electron chi connectivity index (χ0n) is 19.5. The first-order valence-corrected chi connectivity index (χ1v) is 11.6. The van der Waals surface area contributed by atoms with Gasteiger partial charge in [-0.05, 0) is 38.8 Å². The van der Waals surface area contributed by atoms with E-state index in [-0.39, 0.29) is 5.39 Å². The number of allylic oxidation sites excluding steroid dienone is 2. The van der Waals surface area contributed by atoms with Crippen molar-refractivity contribution in [2.75, 3.05) is 50.5 Å². The fourth-order valence-corrected chi connectivity index (χ4v) is 5.59. The van der Waals surface area contributed by atoms with Gasteiger partial charge in [-0.3, -0.25) is 4.99 Å². The minimum absolute atomic E-state index is 0.247. The maximum atomic E-state index is 15.4. The molecule has 1 unspecified atom stereocenters. The van der Waals surface area contributed by atoms with Crippen LogP contribution in [0.4, 0.5) is 20.2 Å². The van der Waals surface area contributed by atoms with Crippen molar-refractivity contribution >= 4 is 45.1 Å². The van der Waals surface area contributed by atoms with Crippen LogP contribution in [0.2, 0.25) is 0 Å². The van der Waals surface area contributed by atoms with E-state index in [0.717, 1.165) is 42.9 Å². The van der Waals surface area contributed by atoms with Gasteiger partial charge in [-0.15, -0.1) is 0 Å². The van der Waals surface area contributed by atoms with Crippen LogP contribution in [0.1, 0.15) is 25.8 Å². The Balaban J connectivity index is 1.86. The molecule has 5 rings (SSSR count). The first kappa shape index (κ1) is 21.8. The molecule has 2 aliphatic rings. The number of pyridine rings is 1. The van der Waals surface area contributed by atoms with Crippen LogP contribution in [0, 0.1) is 17.6 Å². The number of hydrogen-bond donors (Lipinski definition) is 2. The van der Waals surface area contributed by atoms with E-state index in [1.807, 2.05) is 32.3 Å². The molecule has 2 aliphatic heterocycles. The molecule has 0 bridgehead atoms. The van der Waals surface area contributed by atoms with Gasteiger partial charge in [-0.2, -0.15) is 0 Å². The van der Waals surface area contributed by atoms with Crippen molar-refractivity contribution in [2.45, 2.75) is 26.3 Å². The smallest absolute Gasteiger partial charge is 0.169 e. The molecule has 0 radical (unpaired) electrons. The molecule has 0 saturated carbocycles. The Bertz CT molecular complexity index is 1280. The van der Waals surface area contributed by atoms with E-state index in [9.17, 15) is 4.39 Å². The summed E-state index contributed by atoms with van der Waals surface area (Å²) >= 11 is 0. The lowest BCUT2D eigenvalue weighted by atomic mass is 10.00. The van der Waals surface area contributed by atoms with Crippen LogP contribution in [0.25, 0.3) is 27.5 Å². The largest absolute Gasteiger partial charge is 0.386 e. The minimum atomic E-state index is -0.872. The Hall–Kier alpha value is -3.00. The monoisotopic (exact) mass is 452 g/mol. The summed E-state index contributed by atoms with van der Waals surface area (Å²) in [6.45, 7) is 7.50. The molecule has 3 aromatic rings. The number of fused-ring (bicyclic) bond motifs is 4. The zero-order chi connectivity index (χ0) is 23.3. The number of aromatic amines is 1. The summed E-state index contributed by atoms with van der Waals surface area (Å²) in [5.41, 5.74) is 4.33. The maximum absolute atomic E-state index is 15.4. The molecule has 2 saturated heterocycles. The Labute approximate surface area is 192 Å². The number of halogens is 2. The molecule has 8 heteroatoms. The molecule has 0 aliphatic carbocycles. The second-order valence-electron chi connectivity index (χ2n) is 8.99. The van der Waals surface area contributed by atoms with E-state index in [4.69, 9.17) is 0 Å². The average Bonchev–Trinajstić information content (AvgIpc) is 3.48. The van der Waals surface area contributed by atoms with Crippen molar-refractivity contribution in [3.05, 3.63) is 35.5 Å². The Morgan fingerprint density at radius 3 is 2.88 bits per heavy atom. The molecular weight excluding hydrogens is 422 g/mol. The van der Waals surface area contributed by atoms with Gasteiger partial charge < -0.3 is 20.1 Å². The number of nitrogens with one attached hydrogen (secondary N) is 2. The molecular formula is C25H30F2N6. The third-order valence-electron chi connectivity index (χ3n) is 7.09. The van der Waals surface area contributed by atoms with Crippen molar-refractivity contribution in [1.29, 1.82) is 0 Å². The number of H-pyrrole nitrogens is 1. The van der Waals surface area contributed by atoms with E-state index in [0.29, 0.717) is 40.7 Å². The molecule has 0 amide bonds. The Morgan fingerprint density at radius 1 is 1.33 bits per heavy atom. The van der Waals surface area contributed by atoms with Gasteiger partial charge in [0, 0.05) is 63.3 Å².